The normalized spacial score (nSPS) is 12.1. The molecule has 1 heterocycles. The van der Waals surface area contributed by atoms with Crippen molar-refractivity contribution in [2.75, 3.05) is 9.80 Å². The van der Waals surface area contributed by atoms with Crippen molar-refractivity contribution in [3.8, 4) is 66.8 Å². The van der Waals surface area contributed by atoms with Gasteiger partial charge in [0.1, 0.15) is 0 Å². The molecule has 0 amide bonds. The van der Waals surface area contributed by atoms with E-state index in [2.05, 4.69) is 296 Å². The molecule has 0 saturated heterocycles. The highest BCUT2D eigenvalue weighted by Crippen LogP contribution is 2.48. The van der Waals surface area contributed by atoms with E-state index < -0.39 is 0 Å². The van der Waals surface area contributed by atoms with E-state index in [4.69, 9.17) is 0 Å². The van der Waals surface area contributed by atoms with E-state index in [-0.39, 0.29) is 0 Å². The van der Waals surface area contributed by atoms with Crippen molar-refractivity contribution >= 4 is 44.8 Å². The van der Waals surface area contributed by atoms with Crippen LogP contribution in [0, 0.1) is 0 Å². The molecule has 0 aromatic heterocycles. The molecule has 0 N–H and O–H groups in total. The Kier molecular flexibility index (Phi) is 12.1. The maximum atomic E-state index is 3.99. The molecule has 73 heavy (non-hydrogen) atoms. The molecule has 0 bridgehead atoms. The number of fused-ring (bicyclic) bond motifs is 4. The minimum Gasteiger partial charge on any atom is -0.311 e. The van der Waals surface area contributed by atoms with Crippen LogP contribution in [0.3, 0.4) is 0 Å². The number of allylic oxidation sites excluding steroid dienone is 4. The van der Waals surface area contributed by atoms with Crippen LogP contribution in [0.1, 0.15) is 12.5 Å². The molecule has 346 valence electrons. The Balaban J connectivity index is 0.867. The summed E-state index contributed by atoms with van der Waals surface area (Å²) in [6.07, 6.45) is 6.05. The molecule has 11 aromatic rings. The summed E-state index contributed by atoms with van der Waals surface area (Å²) in [6.45, 7) is 6.22. The third kappa shape index (κ3) is 8.66. The zero-order valence-corrected chi connectivity index (χ0v) is 40.7. The van der Waals surface area contributed by atoms with Crippen molar-refractivity contribution < 1.29 is 0 Å². The minimum absolute atomic E-state index is 1.09. The van der Waals surface area contributed by atoms with Crippen molar-refractivity contribution in [1.82, 2.24) is 0 Å². The second kappa shape index (κ2) is 19.7. The van der Waals surface area contributed by atoms with Gasteiger partial charge in [0.05, 0.1) is 5.69 Å². The summed E-state index contributed by atoms with van der Waals surface area (Å²) in [6, 6.07) is 96.8. The average molecular weight is 933 g/mol. The highest BCUT2D eigenvalue weighted by atomic mass is 15.2. The number of hydrogen-bond acceptors (Lipinski definition) is 2. The SMILES string of the molecule is C=C/C=C\C1=C(C)c2ccccc2-c2cc(-c3ccc(-c4ccc(-c5ccc(N(c6ccc(-c7ccccc7)cc6)c6ccc(-c7ccccc7)cc6)cc5)c5ccccc45)cc3)ccc2N1c1ccccc1. The van der Waals surface area contributed by atoms with E-state index >= 15 is 0 Å². The first-order valence-corrected chi connectivity index (χ1v) is 25.0. The van der Waals surface area contributed by atoms with Gasteiger partial charge in [0.15, 0.2) is 0 Å². The molecule has 0 unspecified atom stereocenters. The first kappa shape index (κ1) is 44.7. The summed E-state index contributed by atoms with van der Waals surface area (Å²) in [4.78, 5) is 4.73. The van der Waals surface area contributed by atoms with Crippen molar-refractivity contribution in [3.63, 3.8) is 0 Å². The largest absolute Gasteiger partial charge is 0.311 e. The Morgan fingerprint density at radius 3 is 1.26 bits per heavy atom. The number of nitrogens with zero attached hydrogens (tertiary/aromatic N) is 2. The van der Waals surface area contributed by atoms with E-state index in [9.17, 15) is 0 Å². The minimum atomic E-state index is 1.09. The topological polar surface area (TPSA) is 6.48 Å². The average Bonchev–Trinajstić information content (AvgIpc) is 3.57. The monoisotopic (exact) mass is 932 g/mol. The number of anilines is 5. The first-order chi connectivity index (χ1) is 36.1. The molecule has 2 nitrogen and oxygen atoms in total. The molecule has 0 atom stereocenters. The summed E-state index contributed by atoms with van der Waals surface area (Å²) in [5.74, 6) is 0. The molecule has 2 heteroatoms. The van der Waals surface area contributed by atoms with Crippen molar-refractivity contribution in [2.24, 2.45) is 0 Å². The van der Waals surface area contributed by atoms with Gasteiger partial charge < -0.3 is 9.80 Å². The van der Waals surface area contributed by atoms with Crippen LogP contribution >= 0.6 is 0 Å². The van der Waals surface area contributed by atoms with Crippen molar-refractivity contribution in [3.05, 3.63) is 303 Å². The number of benzene rings is 11. The fraction of sp³-hybridized carbons (Fsp3) is 0.0141. The molecular formula is C71H52N2. The van der Waals surface area contributed by atoms with E-state index in [1.165, 1.54) is 88.7 Å². The zero-order chi connectivity index (χ0) is 49.1. The molecule has 0 radical (unpaired) electrons. The molecule has 1 aliphatic heterocycles. The summed E-state index contributed by atoms with van der Waals surface area (Å²) < 4.78 is 0. The summed E-state index contributed by atoms with van der Waals surface area (Å²) in [7, 11) is 0. The Hall–Kier alpha value is -9.50. The highest BCUT2D eigenvalue weighted by molar-refractivity contribution is 6.05. The molecule has 1 aliphatic rings. The van der Waals surface area contributed by atoms with Crippen LogP contribution in [0.15, 0.2) is 297 Å². The Morgan fingerprint density at radius 1 is 0.342 bits per heavy atom. The standard InChI is InChI=1S/C71H52N2/c1-3-4-28-70-50(2)63-24-14-15-25-66(63)69-49-58(39-48-71(69)73(70)59-22-12-7-13-23-59)55-29-31-56(32-30-55)64-46-47-65(68-27-17-16-26-67(64)68)57-37-44-62(45-38-57)72(60-40-33-53(34-41-60)51-18-8-5-9-19-51)61-42-35-54(36-43-61)52-20-10-6-11-21-52/h3-49H,1H2,2H3/b28-4-. The third-order valence-electron chi connectivity index (χ3n) is 14.2. The Bertz CT molecular complexity index is 3730. The van der Waals surface area contributed by atoms with Gasteiger partial charge in [-0.1, -0.05) is 225 Å². The van der Waals surface area contributed by atoms with Crippen LogP contribution in [0.4, 0.5) is 28.4 Å². The smallest absolute Gasteiger partial charge is 0.0540 e. The van der Waals surface area contributed by atoms with Gasteiger partial charge in [-0.3, -0.25) is 0 Å². The quantitative estimate of drug-likeness (QED) is 0.119. The van der Waals surface area contributed by atoms with Gasteiger partial charge in [-0.15, -0.1) is 0 Å². The molecule has 0 aliphatic carbocycles. The van der Waals surface area contributed by atoms with Crippen molar-refractivity contribution in [1.29, 1.82) is 0 Å². The number of hydrogen-bond donors (Lipinski definition) is 0. The molecule has 12 rings (SSSR count). The lowest BCUT2D eigenvalue weighted by atomic mass is 9.90. The Morgan fingerprint density at radius 2 is 0.740 bits per heavy atom. The van der Waals surface area contributed by atoms with Gasteiger partial charge in [-0.2, -0.15) is 0 Å². The van der Waals surface area contributed by atoms with Gasteiger partial charge in [0.2, 0.25) is 0 Å². The summed E-state index contributed by atoms with van der Waals surface area (Å²) >= 11 is 0. The molecule has 0 fully saturated rings. The van der Waals surface area contributed by atoms with Crippen LogP contribution in [0.2, 0.25) is 0 Å². The fourth-order valence-corrected chi connectivity index (χ4v) is 10.6. The predicted molar refractivity (Wildman–Crippen MR) is 312 cm³/mol. The van der Waals surface area contributed by atoms with Crippen LogP contribution in [-0.2, 0) is 0 Å². The van der Waals surface area contributed by atoms with Gasteiger partial charge in [0.25, 0.3) is 0 Å². The van der Waals surface area contributed by atoms with E-state index in [1.54, 1.807) is 0 Å². The first-order valence-electron chi connectivity index (χ1n) is 25.0. The van der Waals surface area contributed by atoms with Crippen LogP contribution in [0.25, 0.3) is 83.1 Å². The van der Waals surface area contributed by atoms with Gasteiger partial charge >= 0.3 is 0 Å². The fourth-order valence-electron chi connectivity index (χ4n) is 10.6. The molecular weight excluding hydrogens is 881 g/mol. The van der Waals surface area contributed by atoms with Gasteiger partial charge in [0, 0.05) is 34.0 Å². The third-order valence-corrected chi connectivity index (χ3v) is 14.2. The predicted octanol–water partition coefficient (Wildman–Crippen LogP) is 19.9. The number of rotatable bonds is 11. The zero-order valence-electron chi connectivity index (χ0n) is 40.7. The maximum absolute atomic E-state index is 3.99. The number of para-hydroxylation sites is 1. The Labute approximate surface area is 429 Å². The van der Waals surface area contributed by atoms with Gasteiger partial charge in [-0.05, 0) is 157 Å². The van der Waals surface area contributed by atoms with Crippen LogP contribution in [0.5, 0.6) is 0 Å². The van der Waals surface area contributed by atoms with Crippen LogP contribution in [-0.4, -0.2) is 0 Å². The lowest BCUT2D eigenvalue weighted by molar-refractivity contribution is 1.22. The van der Waals surface area contributed by atoms with Gasteiger partial charge in [-0.25, -0.2) is 0 Å². The van der Waals surface area contributed by atoms with E-state index in [0.717, 1.165) is 34.1 Å². The van der Waals surface area contributed by atoms with E-state index in [1.807, 2.05) is 12.2 Å². The second-order valence-corrected chi connectivity index (χ2v) is 18.5. The lowest BCUT2D eigenvalue weighted by Crippen LogP contribution is -2.16. The van der Waals surface area contributed by atoms with Crippen LogP contribution < -0.4 is 9.80 Å². The van der Waals surface area contributed by atoms with Crippen molar-refractivity contribution in [2.45, 2.75) is 6.92 Å². The summed E-state index contributed by atoms with van der Waals surface area (Å²) in [5, 5.41) is 2.45. The molecule has 0 spiro atoms. The van der Waals surface area contributed by atoms with E-state index in [0.29, 0.717) is 0 Å². The molecule has 0 saturated carbocycles. The summed E-state index contributed by atoms with van der Waals surface area (Å²) in [5.41, 5.74) is 23.4. The molecule has 11 aromatic carbocycles. The second-order valence-electron chi connectivity index (χ2n) is 18.5. The lowest BCUT2D eigenvalue weighted by Gasteiger charge is -2.28. The maximum Gasteiger partial charge on any atom is 0.0540 e. The highest BCUT2D eigenvalue weighted by Gasteiger charge is 2.26.